The average Bonchev–Trinajstić information content (AvgIpc) is 3.41. The number of rotatable bonds is 8. The molecule has 1 saturated heterocycles. The molecule has 210 valence electrons. The van der Waals surface area contributed by atoms with Gasteiger partial charge in [0.1, 0.15) is 12.1 Å². The van der Waals surface area contributed by atoms with E-state index in [9.17, 15) is 14.9 Å². The van der Waals surface area contributed by atoms with Crippen molar-refractivity contribution >= 4 is 28.6 Å². The maximum Gasteiger partial charge on any atom is 0.250 e. The molecular weight excluding hydrogens is 504 g/mol. The molecule has 2 aromatic carbocycles. The summed E-state index contributed by atoms with van der Waals surface area (Å²) in [5.41, 5.74) is 4.47. The van der Waals surface area contributed by atoms with Gasteiger partial charge >= 0.3 is 0 Å². The van der Waals surface area contributed by atoms with Crippen molar-refractivity contribution < 1.29 is 18.7 Å². The smallest absolute Gasteiger partial charge is 0.250 e. The van der Waals surface area contributed by atoms with Gasteiger partial charge in [0.15, 0.2) is 5.58 Å². The van der Waals surface area contributed by atoms with Crippen molar-refractivity contribution in [2.24, 2.45) is 5.41 Å². The molecule has 1 aliphatic heterocycles. The van der Waals surface area contributed by atoms with Crippen LogP contribution in [0.15, 0.2) is 40.8 Å². The van der Waals surface area contributed by atoms with Crippen LogP contribution in [0.2, 0.25) is 0 Å². The van der Waals surface area contributed by atoms with Crippen molar-refractivity contribution in [3.63, 3.8) is 0 Å². The Labute approximate surface area is 235 Å². The van der Waals surface area contributed by atoms with Crippen molar-refractivity contribution in [3.05, 3.63) is 47.5 Å². The molecule has 1 aliphatic carbocycles. The molecule has 2 aliphatic rings. The second-order valence-corrected chi connectivity index (χ2v) is 11.7. The van der Waals surface area contributed by atoms with Crippen molar-refractivity contribution in [2.45, 2.75) is 77.7 Å². The van der Waals surface area contributed by atoms with E-state index < -0.39 is 0 Å². The number of fused-ring (bicyclic) bond motifs is 1. The van der Waals surface area contributed by atoms with Crippen LogP contribution in [0.3, 0.4) is 0 Å². The predicted octanol–water partition coefficient (Wildman–Crippen LogP) is 6.37. The first-order valence-electron chi connectivity index (χ1n) is 14.4. The van der Waals surface area contributed by atoms with E-state index in [0.717, 1.165) is 30.4 Å². The molecule has 8 heteroatoms. The van der Waals surface area contributed by atoms with Gasteiger partial charge in [0.2, 0.25) is 17.7 Å². The molecular formula is C32H38N4O4. The molecule has 40 heavy (non-hydrogen) atoms. The van der Waals surface area contributed by atoms with E-state index in [-0.39, 0.29) is 24.5 Å². The summed E-state index contributed by atoms with van der Waals surface area (Å²) < 4.78 is 11.8. The van der Waals surface area contributed by atoms with Crippen LogP contribution in [0, 0.1) is 23.7 Å². The van der Waals surface area contributed by atoms with E-state index in [2.05, 4.69) is 23.3 Å². The number of anilines is 1. The molecule has 1 aromatic heterocycles. The van der Waals surface area contributed by atoms with Crippen LogP contribution in [-0.2, 0) is 14.3 Å². The maximum absolute atomic E-state index is 12.8. The number of carbonyl (C=O) groups excluding carboxylic acids is 2. The number of aromatic nitrogens is 1. The highest BCUT2D eigenvalue weighted by atomic mass is 16.5. The summed E-state index contributed by atoms with van der Waals surface area (Å²) in [6, 6.07) is 12.9. The van der Waals surface area contributed by atoms with E-state index in [1.807, 2.05) is 24.0 Å². The van der Waals surface area contributed by atoms with Gasteiger partial charge in [-0.1, -0.05) is 26.2 Å². The molecule has 0 bridgehead atoms. The topological polar surface area (TPSA) is 108 Å². The number of nitriles is 1. The van der Waals surface area contributed by atoms with Gasteiger partial charge in [0.05, 0.1) is 17.7 Å². The highest BCUT2D eigenvalue weighted by Crippen LogP contribution is 2.39. The fraction of sp³-hybridized carbons (Fsp3) is 0.500. The Bertz CT molecular complexity index is 1390. The lowest BCUT2D eigenvalue weighted by Gasteiger charge is -2.35. The third kappa shape index (κ3) is 6.71. The summed E-state index contributed by atoms with van der Waals surface area (Å²) in [6.07, 6.45) is 9.51. The fourth-order valence-electron chi connectivity index (χ4n) is 5.97. The fourth-order valence-corrected chi connectivity index (χ4v) is 5.97. The summed E-state index contributed by atoms with van der Waals surface area (Å²) in [5.74, 6) is 0.502. The molecule has 2 fully saturated rings. The largest absolute Gasteiger partial charge is 0.436 e. The first-order valence-corrected chi connectivity index (χ1v) is 14.4. The molecule has 8 nitrogen and oxygen atoms in total. The zero-order valence-corrected chi connectivity index (χ0v) is 23.5. The van der Waals surface area contributed by atoms with E-state index >= 15 is 0 Å². The van der Waals surface area contributed by atoms with Crippen LogP contribution < -0.4 is 5.32 Å². The van der Waals surface area contributed by atoms with Crippen LogP contribution in [0.5, 0.6) is 0 Å². The number of likely N-dealkylation sites (tertiary alicyclic amines) is 1. The van der Waals surface area contributed by atoms with Crippen LogP contribution in [0.25, 0.3) is 22.6 Å². The standard InChI is InChI=1S/C32H38N4O4/c1-22-18-23(20-33)19-27-30(22)40-31(35-27)24-6-8-25(9-7-24)34-28(37)21-39-26-11-16-36(17-12-26)29(38)10-15-32(2)13-4-3-5-14-32/h6-9,18-19,26H,3-5,10-17,21H2,1-2H3,(H,34,37). The molecule has 2 heterocycles. The molecule has 0 atom stereocenters. The van der Waals surface area contributed by atoms with E-state index in [0.29, 0.717) is 53.2 Å². The average molecular weight is 543 g/mol. The molecule has 1 saturated carbocycles. The third-order valence-corrected chi connectivity index (χ3v) is 8.47. The lowest BCUT2D eigenvalue weighted by molar-refractivity contribution is -0.136. The van der Waals surface area contributed by atoms with Gasteiger partial charge in [-0.3, -0.25) is 9.59 Å². The van der Waals surface area contributed by atoms with E-state index in [1.165, 1.54) is 32.1 Å². The zero-order chi connectivity index (χ0) is 28.1. The Kier molecular flexibility index (Phi) is 8.51. The number of ether oxygens (including phenoxy) is 1. The van der Waals surface area contributed by atoms with Gasteiger partial charge < -0.3 is 19.4 Å². The van der Waals surface area contributed by atoms with Crippen molar-refractivity contribution in [1.82, 2.24) is 9.88 Å². The second kappa shape index (κ2) is 12.2. The lowest BCUT2D eigenvalue weighted by Crippen LogP contribution is -2.41. The second-order valence-electron chi connectivity index (χ2n) is 11.7. The molecule has 0 radical (unpaired) electrons. The minimum absolute atomic E-state index is 0.0165. The summed E-state index contributed by atoms with van der Waals surface area (Å²) >= 11 is 0. The minimum atomic E-state index is -0.214. The number of oxazole rings is 1. The number of carbonyl (C=O) groups is 2. The number of aryl methyl sites for hydroxylation is 1. The number of hydrogen-bond acceptors (Lipinski definition) is 6. The Morgan fingerprint density at radius 1 is 1.15 bits per heavy atom. The number of nitrogens with zero attached hydrogens (tertiary/aromatic N) is 3. The highest BCUT2D eigenvalue weighted by molar-refractivity contribution is 5.92. The number of nitrogens with one attached hydrogen (secondary N) is 1. The normalized spacial score (nSPS) is 17.5. The Morgan fingerprint density at radius 3 is 2.58 bits per heavy atom. The minimum Gasteiger partial charge on any atom is -0.436 e. The highest BCUT2D eigenvalue weighted by Gasteiger charge is 2.29. The maximum atomic E-state index is 12.8. The van der Waals surface area contributed by atoms with Gasteiger partial charge in [-0.05, 0) is 86.4 Å². The molecule has 5 rings (SSSR count). The number of amides is 2. The number of hydrogen-bond donors (Lipinski definition) is 1. The van der Waals surface area contributed by atoms with Gasteiger partial charge in [0.25, 0.3) is 0 Å². The Morgan fingerprint density at radius 2 is 1.88 bits per heavy atom. The summed E-state index contributed by atoms with van der Waals surface area (Å²) in [5, 5.41) is 12.1. The molecule has 0 unspecified atom stereocenters. The third-order valence-electron chi connectivity index (χ3n) is 8.47. The van der Waals surface area contributed by atoms with Gasteiger partial charge in [-0.2, -0.15) is 5.26 Å². The Hall–Kier alpha value is -3.70. The van der Waals surface area contributed by atoms with E-state index in [4.69, 9.17) is 9.15 Å². The summed E-state index contributed by atoms with van der Waals surface area (Å²) in [4.78, 5) is 31.8. The predicted molar refractivity (Wildman–Crippen MR) is 154 cm³/mol. The number of benzene rings is 2. The van der Waals surface area contributed by atoms with Gasteiger partial charge in [0, 0.05) is 30.8 Å². The van der Waals surface area contributed by atoms with Crippen LogP contribution in [-0.4, -0.2) is 47.5 Å². The summed E-state index contributed by atoms with van der Waals surface area (Å²) in [6.45, 7) is 5.59. The van der Waals surface area contributed by atoms with Crippen LogP contribution in [0.1, 0.15) is 75.8 Å². The van der Waals surface area contributed by atoms with Crippen molar-refractivity contribution in [1.29, 1.82) is 5.26 Å². The molecule has 0 spiro atoms. The first kappa shape index (κ1) is 27.9. The van der Waals surface area contributed by atoms with Crippen LogP contribution >= 0.6 is 0 Å². The summed E-state index contributed by atoms with van der Waals surface area (Å²) in [7, 11) is 0. The zero-order valence-electron chi connectivity index (χ0n) is 23.5. The lowest BCUT2D eigenvalue weighted by atomic mass is 9.73. The van der Waals surface area contributed by atoms with Crippen molar-refractivity contribution in [3.8, 4) is 17.5 Å². The van der Waals surface area contributed by atoms with Crippen LogP contribution in [0.4, 0.5) is 5.69 Å². The monoisotopic (exact) mass is 542 g/mol. The first-order chi connectivity index (χ1) is 19.3. The van der Waals surface area contributed by atoms with Gasteiger partial charge in [-0.15, -0.1) is 0 Å². The van der Waals surface area contributed by atoms with Gasteiger partial charge in [-0.25, -0.2) is 4.98 Å². The SMILES string of the molecule is Cc1cc(C#N)cc2nc(-c3ccc(NC(=O)COC4CCN(C(=O)CCC5(C)CCCCC5)CC4)cc3)oc12. The quantitative estimate of drug-likeness (QED) is 0.354. The van der Waals surface area contributed by atoms with E-state index in [1.54, 1.807) is 24.3 Å². The molecule has 3 aromatic rings. The number of piperidine rings is 1. The van der Waals surface area contributed by atoms with Crippen molar-refractivity contribution in [2.75, 3.05) is 25.0 Å². The Balaban J connectivity index is 1.05. The molecule has 1 N–H and O–H groups in total. The molecule has 2 amide bonds.